The minimum Gasteiger partial charge on any atom is -0.369 e. The van der Waals surface area contributed by atoms with Gasteiger partial charge in [0.05, 0.1) is 11.0 Å². The molecular weight excluding hydrogens is 252 g/mol. The van der Waals surface area contributed by atoms with Crippen molar-refractivity contribution in [3.63, 3.8) is 0 Å². The van der Waals surface area contributed by atoms with Gasteiger partial charge in [-0.25, -0.2) is 4.98 Å². The van der Waals surface area contributed by atoms with Crippen molar-refractivity contribution in [3.8, 4) is 0 Å². The van der Waals surface area contributed by atoms with Crippen LogP contribution in [0.4, 0.5) is 5.95 Å². The van der Waals surface area contributed by atoms with Gasteiger partial charge in [0.25, 0.3) is 0 Å². The first-order valence-corrected chi connectivity index (χ1v) is 6.22. The number of carbonyl (C=O) groups excluding carboxylic acids is 1. The van der Waals surface area contributed by atoms with E-state index in [1.807, 2.05) is 6.07 Å². The van der Waals surface area contributed by atoms with E-state index in [2.05, 4.69) is 10.3 Å². The summed E-state index contributed by atoms with van der Waals surface area (Å²) in [5, 5.41) is 3.53. The summed E-state index contributed by atoms with van der Waals surface area (Å²) in [7, 11) is 0. The number of hydrogen-bond acceptors (Lipinski definition) is 3. The molecule has 1 aromatic carbocycles. The van der Waals surface area contributed by atoms with E-state index in [9.17, 15) is 4.79 Å². The number of amides is 1. The van der Waals surface area contributed by atoms with Crippen LogP contribution in [0.1, 0.15) is 12.8 Å². The Hall–Kier alpha value is -1.75. The van der Waals surface area contributed by atoms with Gasteiger partial charge in [-0.2, -0.15) is 0 Å². The summed E-state index contributed by atoms with van der Waals surface area (Å²) in [5.41, 5.74) is 7.36. The number of aromatic nitrogens is 2. The maximum Gasteiger partial charge on any atom is 0.240 e. The SMILES string of the molecule is Nc1nc2cc(Cl)ccc2n1CC(=O)NC1CC1. The van der Waals surface area contributed by atoms with Gasteiger partial charge in [-0.15, -0.1) is 0 Å². The average molecular weight is 265 g/mol. The number of anilines is 1. The van der Waals surface area contributed by atoms with Crippen LogP contribution in [0.2, 0.25) is 5.02 Å². The van der Waals surface area contributed by atoms with E-state index in [4.69, 9.17) is 17.3 Å². The molecule has 18 heavy (non-hydrogen) atoms. The number of nitrogen functional groups attached to an aromatic ring is 1. The van der Waals surface area contributed by atoms with Crippen LogP contribution < -0.4 is 11.1 Å². The summed E-state index contributed by atoms with van der Waals surface area (Å²) in [6, 6.07) is 5.68. The molecule has 1 fully saturated rings. The van der Waals surface area contributed by atoms with E-state index in [0.717, 1.165) is 18.4 Å². The Morgan fingerprint density at radius 3 is 3.06 bits per heavy atom. The van der Waals surface area contributed by atoms with Gasteiger partial charge in [0.15, 0.2) is 0 Å². The summed E-state index contributed by atoms with van der Waals surface area (Å²) in [6.07, 6.45) is 2.14. The van der Waals surface area contributed by atoms with Gasteiger partial charge in [-0.05, 0) is 31.0 Å². The summed E-state index contributed by atoms with van der Waals surface area (Å²) < 4.78 is 1.70. The van der Waals surface area contributed by atoms with Gasteiger partial charge < -0.3 is 15.6 Å². The topological polar surface area (TPSA) is 72.9 Å². The largest absolute Gasteiger partial charge is 0.369 e. The molecule has 0 atom stereocenters. The van der Waals surface area contributed by atoms with E-state index in [1.165, 1.54) is 0 Å². The number of halogens is 1. The average Bonchev–Trinajstić information content (AvgIpc) is 3.05. The Morgan fingerprint density at radius 2 is 2.33 bits per heavy atom. The number of hydrogen-bond donors (Lipinski definition) is 2. The van der Waals surface area contributed by atoms with Gasteiger partial charge in [0.2, 0.25) is 11.9 Å². The third-order valence-corrected chi connectivity index (χ3v) is 3.22. The summed E-state index contributed by atoms with van der Waals surface area (Å²) in [5.74, 6) is 0.302. The highest BCUT2D eigenvalue weighted by Crippen LogP contribution is 2.22. The highest BCUT2D eigenvalue weighted by molar-refractivity contribution is 6.31. The van der Waals surface area contributed by atoms with Crippen molar-refractivity contribution >= 4 is 34.5 Å². The first-order chi connectivity index (χ1) is 8.63. The Labute approximate surface area is 109 Å². The van der Waals surface area contributed by atoms with E-state index in [0.29, 0.717) is 22.5 Å². The van der Waals surface area contributed by atoms with E-state index < -0.39 is 0 Å². The highest BCUT2D eigenvalue weighted by atomic mass is 35.5. The Balaban J connectivity index is 1.90. The molecule has 1 aliphatic rings. The van der Waals surface area contributed by atoms with Gasteiger partial charge in [0.1, 0.15) is 6.54 Å². The van der Waals surface area contributed by atoms with Gasteiger partial charge in [-0.3, -0.25) is 4.79 Å². The molecule has 0 spiro atoms. The molecule has 3 rings (SSSR count). The molecule has 5 nitrogen and oxygen atoms in total. The van der Waals surface area contributed by atoms with Crippen LogP contribution in [0.3, 0.4) is 0 Å². The Bertz CT molecular complexity index is 618. The zero-order chi connectivity index (χ0) is 12.7. The van der Waals surface area contributed by atoms with Crippen molar-refractivity contribution in [1.29, 1.82) is 0 Å². The summed E-state index contributed by atoms with van der Waals surface area (Å²) in [6.45, 7) is 0.195. The van der Waals surface area contributed by atoms with Crippen molar-refractivity contribution in [2.24, 2.45) is 0 Å². The molecule has 1 aromatic heterocycles. The van der Waals surface area contributed by atoms with Crippen molar-refractivity contribution in [3.05, 3.63) is 23.2 Å². The molecule has 94 valence electrons. The van der Waals surface area contributed by atoms with E-state index in [-0.39, 0.29) is 12.5 Å². The molecule has 1 heterocycles. The van der Waals surface area contributed by atoms with Crippen LogP contribution in [0, 0.1) is 0 Å². The molecule has 1 aliphatic carbocycles. The first-order valence-electron chi connectivity index (χ1n) is 5.84. The maximum atomic E-state index is 11.8. The third-order valence-electron chi connectivity index (χ3n) is 2.98. The van der Waals surface area contributed by atoms with Crippen LogP contribution in [0.15, 0.2) is 18.2 Å². The molecule has 0 aliphatic heterocycles. The van der Waals surface area contributed by atoms with E-state index in [1.54, 1.807) is 16.7 Å². The standard InChI is InChI=1S/C12H13ClN4O/c13-7-1-4-10-9(5-7)16-12(14)17(10)6-11(18)15-8-2-3-8/h1,4-5,8H,2-3,6H2,(H2,14,16)(H,15,18). The maximum absolute atomic E-state index is 11.8. The summed E-state index contributed by atoms with van der Waals surface area (Å²) in [4.78, 5) is 16.0. The van der Waals surface area contributed by atoms with Crippen LogP contribution >= 0.6 is 11.6 Å². The highest BCUT2D eigenvalue weighted by Gasteiger charge is 2.23. The fraction of sp³-hybridized carbons (Fsp3) is 0.333. The van der Waals surface area contributed by atoms with Crippen molar-refractivity contribution < 1.29 is 4.79 Å². The molecule has 0 bridgehead atoms. The van der Waals surface area contributed by atoms with Crippen molar-refractivity contribution in [1.82, 2.24) is 14.9 Å². The van der Waals surface area contributed by atoms with Crippen LogP contribution in [0.25, 0.3) is 11.0 Å². The smallest absolute Gasteiger partial charge is 0.240 e. The number of rotatable bonds is 3. The van der Waals surface area contributed by atoms with Crippen LogP contribution in [-0.2, 0) is 11.3 Å². The quantitative estimate of drug-likeness (QED) is 0.883. The lowest BCUT2D eigenvalue weighted by molar-refractivity contribution is -0.121. The molecule has 3 N–H and O–H groups in total. The molecule has 1 saturated carbocycles. The zero-order valence-electron chi connectivity index (χ0n) is 9.69. The molecule has 2 aromatic rings. The lowest BCUT2D eigenvalue weighted by Gasteiger charge is -2.06. The monoisotopic (exact) mass is 264 g/mol. The second-order valence-corrected chi connectivity index (χ2v) is 4.97. The van der Waals surface area contributed by atoms with Gasteiger partial charge in [0, 0.05) is 11.1 Å². The second kappa shape index (κ2) is 4.17. The number of nitrogens with zero attached hydrogens (tertiary/aromatic N) is 2. The van der Waals surface area contributed by atoms with Crippen molar-refractivity contribution in [2.45, 2.75) is 25.4 Å². The zero-order valence-corrected chi connectivity index (χ0v) is 10.4. The predicted octanol–water partition coefficient (Wildman–Crippen LogP) is 1.55. The minimum absolute atomic E-state index is 0.0292. The molecule has 6 heteroatoms. The molecule has 0 unspecified atom stereocenters. The van der Waals surface area contributed by atoms with Crippen LogP contribution in [-0.4, -0.2) is 21.5 Å². The van der Waals surface area contributed by atoms with Gasteiger partial charge >= 0.3 is 0 Å². The van der Waals surface area contributed by atoms with Crippen molar-refractivity contribution in [2.75, 3.05) is 5.73 Å². The number of benzene rings is 1. The number of carbonyl (C=O) groups is 1. The molecule has 1 amide bonds. The normalized spacial score (nSPS) is 14.9. The van der Waals surface area contributed by atoms with Crippen LogP contribution in [0.5, 0.6) is 0 Å². The lowest BCUT2D eigenvalue weighted by atomic mass is 10.3. The molecule has 0 saturated heterocycles. The number of fused-ring (bicyclic) bond motifs is 1. The van der Waals surface area contributed by atoms with E-state index >= 15 is 0 Å². The minimum atomic E-state index is -0.0292. The Morgan fingerprint density at radius 1 is 1.56 bits per heavy atom. The first kappa shape index (κ1) is 11.3. The summed E-state index contributed by atoms with van der Waals surface area (Å²) >= 11 is 5.89. The predicted molar refractivity (Wildman–Crippen MR) is 70.3 cm³/mol. The fourth-order valence-corrected chi connectivity index (χ4v) is 2.10. The fourth-order valence-electron chi connectivity index (χ4n) is 1.93. The van der Waals surface area contributed by atoms with Gasteiger partial charge in [-0.1, -0.05) is 11.6 Å². The number of nitrogens with two attached hydrogens (primary N) is 1. The molecular formula is C12H13ClN4O. The Kier molecular flexibility index (Phi) is 2.63. The number of nitrogens with one attached hydrogen (secondary N) is 1. The third kappa shape index (κ3) is 2.13. The lowest BCUT2D eigenvalue weighted by Crippen LogP contribution is -2.29. The second-order valence-electron chi connectivity index (χ2n) is 4.53. The molecule has 0 radical (unpaired) electrons. The number of imidazole rings is 1.